The van der Waals surface area contributed by atoms with Crippen LogP contribution in [0, 0.1) is 0 Å². The Labute approximate surface area is 187 Å². The molecule has 1 amide bonds. The first-order valence-corrected chi connectivity index (χ1v) is 11.3. The van der Waals surface area contributed by atoms with Crippen LogP contribution in [0.15, 0.2) is 79.1 Å². The van der Waals surface area contributed by atoms with Gasteiger partial charge in [0, 0.05) is 18.9 Å². The molecule has 2 aromatic carbocycles. The molecular formula is C27H27N3O2. The molecule has 0 unspecified atom stereocenters. The van der Waals surface area contributed by atoms with Crippen LogP contribution in [0.2, 0.25) is 0 Å². The van der Waals surface area contributed by atoms with Crippen LogP contribution in [-0.4, -0.2) is 32.7 Å². The number of aliphatic hydroxyl groups excluding tert-OH is 1. The molecule has 2 atom stereocenters. The van der Waals surface area contributed by atoms with Crippen molar-refractivity contribution in [3.05, 3.63) is 90.3 Å². The first-order valence-electron chi connectivity index (χ1n) is 11.3. The van der Waals surface area contributed by atoms with E-state index in [4.69, 9.17) is 0 Å². The quantitative estimate of drug-likeness (QED) is 0.483. The number of amides is 1. The van der Waals surface area contributed by atoms with Crippen LogP contribution >= 0.6 is 0 Å². The molecule has 5 nitrogen and oxygen atoms in total. The number of aromatic nitrogens is 2. The molecule has 2 heterocycles. The van der Waals surface area contributed by atoms with Crippen LogP contribution in [0.4, 0.5) is 0 Å². The monoisotopic (exact) mass is 425 g/mol. The number of nitrogens with one attached hydrogen (secondary N) is 1. The second kappa shape index (κ2) is 8.97. The summed E-state index contributed by atoms with van der Waals surface area (Å²) in [6.45, 7) is 0.649. The van der Waals surface area contributed by atoms with Gasteiger partial charge >= 0.3 is 0 Å². The van der Waals surface area contributed by atoms with E-state index in [1.54, 1.807) is 6.20 Å². The number of pyridine rings is 1. The van der Waals surface area contributed by atoms with Crippen LogP contribution in [0.1, 0.15) is 41.6 Å². The molecule has 0 saturated heterocycles. The van der Waals surface area contributed by atoms with Crippen molar-refractivity contribution in [2.24, 2.45) is 0 Å². The van der Waals surface area contributed by atoms with Crippen molar-refractivity contribution in [3.63, 3.8) is 0 Å². The van der Waals surface area contributed by atoms with Gasteiger partial charge in [0.05, 0.1) is 23.2 Å². The zero-order valence-electron chi connectivity index (χ0n) is 17.9. The Hall–Kier alpha value is -3.44. The molecule has 5 rings (SSSR count). The third-order valence-electron chi connectivity index (χ3n) is 6.34. The summed E-state index contributed by atoms with van der Waals surface area (Å²) in [5.41, 5.74) is 5.70. The molecule has 0 aliphatic heterocycles. The number of benzene rings is 2. The Morgan fingerprint density at radius 1 is 0.969 bits per heavy atom. The SMILES string of the molecule is O=C(N[C@H]1CCCC[C@@H]1O)c1cn(Cc2ccc(-c3ccccc3)cc2)c2cccnc12. The summed E-state index contributed by atoms with van der Waals surface area (Å²) in [5.74, 6) is -0.169. The molecule has 1 aliphatic rings. The van der Waals surface area contributed by atoms with Gasteiger partial charge in [0.1, 0.15) is 5.52 Å². The molecule has 1 fully saturated rings. The number of fused-ring (bicyclic) bond motifs is 1. The summed E-state index contributed by atoms with van der Waals surface area (Å²) >= 11 is 0. The van der Waals surface area contributed by atoms with Gasteiger partial charge in [-0.25, -0.2) is 0 Å². The van der Waals surface area contributed by atoms with Crippen molar-refractivity contribution in [3.8, 4) is 11.1 Å². The van der Waals surface area contributed by atoms with E-state index in [0.717, 1.165) is 36.8 Å². The zero-order chi connectivity index (χ0) is 21.9. The van der Waals surface area contributed by atoms with Crippen LogP contribution in [0.3, 0.4) is 0 Å². The highest BCUT2D eigenvalue weighted by Gasteiger charge is 2.26. The summed E-state index contributed by atoms with van der Waals surface area (Å²) in [6, 6.07) is 22.5. The van der Waals surface area contributed by atoms with E-state index in [0.29, 0.717) is 17.6 Å². The molecule has 5 heteroatoms. The summed E-state index contributed by atoms with van der Waals surface area (Å²) in [4.78, 5) is 17.6. The smallest absolute Gasteiger partial charge is 0.255 e. The van der Waals surface area contributed by atoms with Gasteiger partial charge in [-0.1, -0.05) is 67.4 Å². The van der Waals surface area contributed by atoms with E-state index in [1.807, 2.05) is 36.5 Å². The van der Waals surface area contributed by atoms with Gasteiger partial charge < -0.3 is 15.0 Å². The zero-order valence-corrected chi connectivity index (χ0v) is 17.9. The molecule has 162 valence electrons. The van der Waals surface area contributed by atoms with Gasteiger partial charge in [-0.05, 0) is 41.7 Å². The fourth-order valence-corrected chi connectivity index (χ4v) is 4.58. The first kappa shape index (κ1) is 20.5. The predicted molar refractivity (Wildman–Crippen MR) is 126 cm³/mol. The summed E-state index contributed by atoms with van der Waals surface area (Å²) in [6.07, 6.45) is 6.72. The molecule has 0 radical (unpaired) electrons. The Morgan fingerprint density at radius 2 is 1.72 bits per heavy atom. The van der Waals surface area contributed by atoms with Crippen molar-refractivity contribution in [1.82, 2.24) is 14.9 Å². The van der Waals surface area contributed by atoms with Crippen LogP contribution < -0.4 is 5.32 Å². The average Bonchev–Trinajstić information content (AvgIpc) is 3.20. The van der Waals surface area contributed by atoms with Crippen LogP contribution in [0.5, 0.6) is 0 Å². The Morgan fingerprint density at radius 3 is 2.50 bits per heavy atom. The number of hydrogen-bond acceptors (Lipinski definition) is 3. The third-order valence-corrected chi connectivity index (χ3v) is 6.34. The summed E-state index contributed by atoms with van der Waals surface area (Å²) < 4.78 is 2.08. The third kappa shape index (κ3) is 4.16. The van der Waals surface area contributed by atoms with Gasteiger partial charge in [0.2, 0.25) is 0 Å². The lowest BCUT2D eigenvalue weighted by molar-refractivity contribution is 0.0718. The van der Waals surface area contributed by atoms with Crippen LogP contribution in [0.25, 0.3) is 22.2 Å². The molecule has 4 aromatic rings. The van der Waals surface area contributed by atoms with E-state index >= 15 is 0 Å². The van der Waals surface area contributed by atoms with Crippen molar-refractivity contribution >= 4 is 16.9 Å². The molecule has 1 aliphatic carbocycles. The maximum absolute atomic E-state index is 13.1. The standard InChI is InChI=1S/C27H27N3O2/c31-25-11-5-4-9-23(25)29-27(32)22-18-30(24-10-6-16-28-26(22)24)17-19-12-14-21(15-13-19)20-7-2-1-3-8-20/h1-3,6-8,10,12-16,18,23,25,31H,4-5,9,11,17H2,(H,29,32)/t23-,25-/m0/s1. The maximum Gasteiger partial charge on any atom is 0.255 e. The largest absolute Gasteiger partial charge is 0.391 e. The lowest BCUT2D eigenvalue weighted by Gasteiger charge is -2.28. The molecule has 2 N–H and O–H groups in total. The highest BCUT2D eigenvalue weighted by Crippen LogP contribution is 2.24. The van der Waals surface area contributed by atoms with Crippen molar-refractivity contribution in [1.29, 1.82) is 0 Å². The minimum absolute atomic E-state index is 0.169. The average molecular weight is 426 g/mol. The predicted octanol–water partition coefficient (Wildman–Crippen LogP) is 4.78. The highest BCUT2D eigenvalue weighted by molar-refractivity contribution is 6.05. The van der Waals surface area contributed by atoms with Gasteiger partial charge in [0.15, 0.2) is 0 Å². The van der Waals surface area contributed by atoms with Gasteiger partial charge in [-0.2, -0.15) is 0 Å². The van der Waals surface area contributed by atoms with E-state index in [-0.39, 0.29) is 11.9 Å². The number of nitrogens with zero attached hydrogens (tertiary/aromatic N) is 2. The Bertz CT molecular complexity index is 1210. The molecule has 1 saturated carbocycles. The molecular weight excluding hydrogens is 398 g/mol. The number of carbonyl (C=O) groups is 1. The fraction of sp³-hybridized carbons (Fsp3) is 0.259. The lowest BCUT2D eigenvalue weighted by atomic mass is 9.92. The highest BCUT2D eigenvalue weighted by atomic mass is 16.3. The number of carbonyl (C=O) groups excluding carboxylic acids is 1. The summed E-state index contributed by atoms with van der Waals surface area (Å²) in [7, 11) is 0. The number of hydrogen-bond donors (Lipinski definition) is 2. The maximum atomic E-state index is 13.1. The Kier molecular flexibility index (Phi) is 5.73. The minimum Gasteiger partial charge on any atom is -0.391 e. The second-order valence-electron chi connectivity index (χ2n) is 8.54. The number of aliphatic hydroxyl groups is 1. The van der Waals surface area contributed by atoms with Gasteiger partial charge in [0.25, 0.3) is 5.91 Å². The molecule has 2 aromatic heterocycles. The molecule has 0 bridgehead atoms. The topological polar surface area (TPSA) is 67.2 Å². The molecule has 32 heavy (non-hydrogen) atoms. The van der Waals surface area contributed by atoms with Crippen molar-refractivity contribution in [2.45, 2.75) is 44.4 Å². The lowest BCUT2D eigenvalue weighted by Crippen LogP contribution is -2.45. The number of rotatable bonds is 5. The van der Waals surface area contributed by atoms with Gasteiger partial charge in [-0.15, -0.1) is 0 Å². The normalized spacial score (nSPS) is 18.5. The first-order chi connectivity index (χ1) is 15.7. The Balaban J connectivity index is 1.39. The van der Waals surface area contributed by atoms with Crippen molar-refractivity contribution < 1.29 is 9.90 Å². The van der Waals surface area contributed by atoms with E-state index in [9.17, 15) is 9.90 Å². The van der Waals surface area contributed by atoms with E-state index < -0.39 is 6.10 Å². The molecule has 0 spiro atoms. The van der Waals surface area contributed by atoms with Crippen LogP contribution in [-0.2, 0) is 6.54 Å². The fourth-order valence-electron chi connectivity index (χ4n) is 4.58. The minimum atomic E-state index is -0.475. The van der Waals surface area contributed by atoms with Gasteiger partial charge in [-0.3, -0.25) is 9.78 Å². The van der Waals surface area contributed by atoms with E-state index in [1.165, 1.54) is 11.1 Å². The van der Waals surface area contributed by atoms with Crippen molar-refractivity contribution in [2.75, 3.05) is 0 Å². The second-order valence-corrected chi connectivity index (χ2v) is 8.54. The summed E-state index contributed by atoms with van der Waals surface area (Å²) in [5, 5.41) is 13.3. The van der Waals surface area contributed by atoms with E-state index in [2.05, 4.69) is 51.3 Å².